The van der Waals surface area contributed by atoms with Crippen LogP contribution in [0.3, 0.4) is 0 Å². The molecule has 0 saturated carbocycles. The second-order valence-corrected chi connectivity index (χ2v) is 8.01. The predicted molar refractivity (Wildman–Crippen MR) is 81.8 cm³/mol. The van der Waals surface area contributed by atoms with Crippen molar-refractivity contribution < 1.29 is 8.85 Å². The van der Waals surface area contributed by atoms with Crippen LogP contribution in [0.15, 0.2) is 37.6 Å². The van der Waals surface area contributed by atoms with Gasteiger partial charge in [0.05, 0.1) is 11.2 Å². The summed E-state index contributed by atoms with van der Waals surface area (Å²) < 4.78 is 12.4. The molecule has 0 fully saturated rings. The van der Waals surface area contributed by atoms with E-state index >= 15 is 0 Å². The fourth-order valence-corrected chi connectivity index (χ4v) is 4.06. The summed E-state index contributed by atoms with van der Waals surface area (Å²) in [6, 6.07) is 0. The SMILES string of the molecule is C=CC(C)(CC)O[Si](C)(C=C)OC(C)(C=C)CC. The molecule has 0 bridgehead atoms. The number of hydrogen-bond donors (Lipinski definition) is 0. The fraction of sp³-hybridized carbons (Fsp3) is 0.600. The molecule has 3 heteroatoms. The molecule has 0 aromatic heterocycles. The average molecular weight is 268 g/mol. The van der Waals surface area contributed by atoms with Gasteiger partial charge in [0, 0.05) is 0 Å². The highest BCUT2D eigenvalue weighted by Crippen LogP contribution is 2.29. The second-order valence-electron chi connectivity index (χ2n) is 5.16. The average Bonchev–Trinajstić information content (AvgIpc) is 2.38. The minimum absolute atomic E-state index is 0.370. The quantitative estimate of drug-likeness (QED) is 0.452. The lowest BCUT2D eigenvalue weighted by Crippen LogP contribution is -2.50. The minimum atomic E-state index is -2.46. The molecule has 0 spiro atoms. The van der Waals surface area contributed by atoms with E-state index in [9.17, 15) is 0 Å². The molecule has 0 saturated heterocycles. The van der Waals surface area contributed by atoms with Crippen molar-refractivity contribution in [2.75, 3.05) is 0 Å². The van der Waals surface area contributed by atoms with E-state index < -0.39 is 8.56 Å². The molecule has 0 amide bonds. The smallest absolute Gasteiger partial charge is 0.362 e. The Balaban J connectivity index is 5.08. The molecule has 2 nitrogen and oxygen atoms in total. The van der Waals surface area contributed by atoms with Gasteiger partial charge < -0.3 is 8.85 Å². The van der Waals surface area contributed by atoms with Gasteiger partial charge in [-0.3, -0.25) is 0 Å². The molecule has 18 heavy (non-hydrogen) atoms. The molecular formula is C15H28O2Si. The maximum Gasteiger partial charge on any atom is 0.362 e. The van der Waals surface area contributed by atoms with Crippen LogP contribution in [0.5, 0.6) is 0 Å². The Morgan fingerprint density at radius 1 is 0.944 bits per heavy atom. The summed E-state index contributed by atoms with van der Waals surface area (Å²) in [5, 5.41) is 0. The van der Waals surface area contributed by atoms with Crippen LogP contribution in [0.4, 0.5) is 0 Å². The summed E-state index contributed by atoms with van der Waals surface area (Å²) in [7, 11) is -2.46. The van der Waals surface area contributed by atoms with E-state index in [1.54, 1.807) is 0 Å². The molecule has 0 aliphatic heterocycles. The largest absolute Gasteiger partial charge is 0.382 e. The van der Waals surface area contributed by atoms with Crippen molar-refractivity contribution in [3.05, 3.63) is 37.6 Å². The standard InChI is InChI=1S/C15H28O2Si/c1-9-14(6,10-2)16-18(8,13-5)17-15(7,11-3)12-4/h9,11,13H,1,3,5,10,12H2,2,4,6-8H3. The third-order valence-corrected chi connectivity index (χ3v) is 5.99. The lowest BCUT2D eigenvalue weighted by Gasteiger charge is -2.39. The molecule has 0 rings (SSSR count). The van der Waals surface area contributed by atoms with Crippen molar-refractivity contribution in [2.24, 2.45) is 0 Å². The molecule has 104 valence electrons. The van der Waals surface area contributed by atoms with E-state index in [1.807, 2.05) is 38.2 Å². The van der Waals surface area contributed by atoms with E-state index in [0.29, 0.717) is 0 Å². The molecule has 0 heterocycles. The van der Waals surface area contributed by atoms with Crippen molar-refractivity contribution in [2.45, 2.75) is 58.3 Å². The monoisotopic (exact) mass is 268 g/mol. The third-order valence-electron chi connectivity index (χ3n) is 3.51. The Hall–Kier alpha value is -0.643. The number of rotatable bonds is 9. The molecule has 0 N–H and O–H groups in total. The summed E-state index contributed by atoms with van der Waals surface area (Å²) in [4.78, 5) is 0. The first-order valence-corrected chi connectivity index (χ1v) is 8.92. The zero-order chi connectivity index (χ0) is 14.4. The van der Waals surface area contributed by atoms with Crippen LogP contribution in [-0.4, -0.2) is 19.8 Å². The summed E-state index contributed by atoms with van der Waals surface area (Å²) in [5.41, 5.74) is 1.08. The predicted octanol–water partition coefficient (Wildman–Crippen LogP) is 4.53. The van der Waals surface area contributed by atoms with E-state index in [-0.39, 0.29) is 11.2 Å². The van der Waals surface area contributed by atoms with Crippen LogP contribution in [0.2, 0.25) is 6.55 Å². The van der Waals surface area contributed by atoms with Gasteiger partial charge >= 0.3 is 8.56 Å². The van der Waals surface area contributed by atoms with E-state index in [0.717, 1.165) is 12.8 Å². The minimum Gasteiger partial charge on any atom is -0.382 e. The van der Waals surface area contributed by atoms with E-state index in [4.69, 9.17) is 8.85 Å². The van der Waals surface area contributed by atoms with Crippen molar-refractivity contribution in [3.8, 4) is 0 Å². The van der Waals surface area contributed by atoms with Crippen molar-refractivity contribution in [3.63, 3.8) is 0 Å². The molecule has 2 unspecified atom stereocenters. The molecule has 0 radical (unpaired) electrons. The summed E-state index contributed by atoms with van der Waals surface area (Å²) in [5.74, 6) is 0. The Bertz CT molecular complexity index is 290. The highest BCUT2D eigenvalue weighted by molar-refractivity contribution is 6.71. The van der Waals surface area contributed by atoms with Gasteiger partial charge in [-0.25, -0.2) is 0 Å². The van der Waals surface area contributed by atoms with Crippen LogP contribution in [0.25, 0.3) is 0 Å². The second kappa shape index (κ2) is 6.50. The van der Waals surface area contributed by atoms with Gasteiger partial charge in [0.15, 0.2) is 0 Å². The first kappa shape index (κ1) is 17.4. The van der Waals surface area contributed by atoms with Crippen LogP contribution in [-0.2, 0) is 8.85 Å². The maximum absolute atomic E-state index is 6.21. The van der Waals surface area contributed by atoms with Crippen LogP contribution >= 0.6 is 0 Å². The zero-order valence-corrected chi connectivity index (χ0v) is 13.6. The molecule has 0 aromatic rings. The van der Waals surface area contributed by atoms with Crippen molar-refractivity contribution >= 4 is 8.56 Å². The Kier molecular flexibility index (Phi) is 6.27. The van der Waals surface area contributed by atoms with E-state index in [2.05, 4.69) is 33.6 Å². The Morgan fingerprint density at radius 3 is 1.44 bits per heavy atom. The van der Waals surface area contributed by atoms with Crippen molar-refractivity contribution in [1.29, 1.82) is 0 Å². The lowest BCUT2D eigenvalue weighted by atomic mass is 10.1. The Labute approximate surface area is 114 Å². The van der Waals surface area contributed by atoms with Crippen LogP contribution in [0, 0.1) is 0 Å². The summed E-state index contributed by atoms with van der Waals surface area (Å²) >= 11 is 0. The molecule has 0 aromatic carbocycles. The van der Waals surface area contributed by atoms with Gasteiger partial charge in [0.1, 0.15) is 0 Å². The Morgan fingerprint density at radius 2 is 1.28 bits per heavy atom. The lowest BCUT2D eigenvalue weighted by molar-refractivity contribution is 0.0308. The highest BCUT2D eigenvalue weighted by Gasteiger charge is 2.40. The molecule has 0 aliphatic carbocycles. The van der Waals surface area contributed by atoms with Crippen LogP contribution in [0.1, 0.15) is 40.5 Å². The first-order chi connectivity index (χ1) is 8.22. The third kappa shape index (κ3) is 4.56. The first-order valence-electron chi connectivity index (χ1n) is 6.53. The topological polar surface area (TPSA) is 18.5 Å². The van der Waals surface area contributed by atoms with Crippen LogP contribution < -0.4 is 0 Å². The summed E-state index contributed by atoms with van der Waals surface area (Å²) in [6.45, 7) is 21.8. The number of hydrogen-bond acceptors (Lipinski definition) is 2. The normalized spacial score (nSPS) is 21.2. The molecule has 2 atom stereocenters. The van der Waals surface area contributed by atoms with Crippen molar-refractivity contribution in [1.82, 2.24) is 0 Å². The fourth-order valence-electron chi connectivity index (χ4n) is 1.55. The van der Waals surface area contributed by atoms with E-state index in [1.165, 1.54) is 0 Å². The molecular weight excluding hydrogens is 240 g/mol. The van der Waals surface area contributed by atoms with Gasteiger partial charge in [-0.15, -0.1) is 19.7 Å². The van der Waals surface area contributed by atoms with Gasteiger partial charge in [-0.05, 0) is 38.9 Å². The van der Waals surface area contributed by atoms with Gasteiger partial charge in [0.2, 0.25) is 0 Å². The molecule has 0 aliphatic rings. The highest BCUT2D eigenvalue weighted by atomic mass is 28.4. The van der Waals surface area contributed by atoms with Gasteiger partial charge in [-0.1, -0.05) is 26.0 Å². The van der Waals surface area contributed by atoms with Gasteiger partial charge in [-0.2, -0.15) is 0 Å². The summed E-state index contributed by atoms with van der Waals surface area (Å²) in [6.07, 6.45) is 5.38. The zero-order valence-electron chi connectivity index (χ0n) is 12.6. The van der Waals surface area contributed by atoms with Gasteiger partial charge in [0.25, 0.3) is 0 Å². The maximum atomic E-state index is 6.21.